The molecule has 8 atom stereocenters. The number of aromatic carboxylic acids is 1. The van der Waals surface area contributed by atoms with E-state index < -0.39 is 23.3 Å². The first-order valence-corrected chi connectivity index (χ1v) is 20.5. The molecule has 0 bridgehead atoms. The maximum Gasteiger partial charge on any atom is 0.335 e. The summed E-state index contributed by atoms with van der Waals surface area (Å²) in [5.41, 5.74) is 1.46. The van der Waals surface area contributed by atoms with Crippen LogP contribution in [-0.4, -0.2) is 50.2 Å². The Hall–Kier alpha value is -3.82. The average Bonchev–Trinajstić information content (AvgIpc) is 3.67. The molecule has 0 spiro atoms. The van der Waals surface area contributed by atoms with Crippen LogP contribution >= 0.6 is 0 Å². The van der Waals surface area contributed by atoms with Gasteiger partial charge in [0.15, 0.2) is 5.78 Å². The largest absolute Gasteiger partial charge is 0.481 e. The number of esters is 1. The summed E-state index contributed by atoms with van der Waals surface area (Å²) < 4.78 is 12.4. The van der Waals surface area contributed by atoms with Crippen LogP contribution in [0.4, 0.5) is 0 Å². The Balaban J connectivity index is 1.16. The number of hydrogen-bond donors (Lipinski definition) is 2. The molecular weight excluding hydrogens is 697 g/mol. The second-order valence-electron chi connectivity index (χ2n) is 20.2. The maximum atomic E-state index is 14.1. The van der Waals surface area contributed by atoms with E-state index in [0.717, 1.165) is 56.9 Å². The van der Waals surface area contributed by atoms with Gasteiger partial charge in [-0.15, -0.1) is 10.2 Å². The molecule has 1 heterocycles. The van der Waals surface area contributed by atoms with Crippen molar-refractivity contribution in [3.8, 4) is 11.5 Å². The number of allylic oxidation sites excluding steroid dienone is 2. The third-order valence-corrected chi connectivity index (χ3v) is 16.3. The fourth-order valence-electron chi connectivity index (χ4n) is 13.3. The molecule has 5 aliphatic rings. The van der Waals surface area contributed by atoms with Crippen LogP contribution < -0.4 is 0 Å². The van der Waals surface area contributed by atoms with Crippen molar-refractivity contribution in [1.29, 1.82) is 0 Å². The normalized spacial score (nSPS) is 35.4. The van der Waals surface area contributed by atoms with Gasteiger partial charge in [0.25, 0.3) is 0 Å². The number of benzene rings is 1. The number of ketones is 1. The van der Waals surface area contributed by atoms with E-state index in [4.69, 9.17) is 9.15 Å². The molecule has 0 unspecified atom stereocenters. The number of Topliss-reactive ketones (excluding diaryl/α,β-unsaturated/α-hetero) is 1. The number of nitrogens with zero attached hydrogens (tertiary/aromatic N) is 2. The van der Waals surface area contributed by atoms with Crippen molar-refractivity contribution >= 4 is 23.7 Å². The molecule has 5 aliphatic carbocycles. The lowest BCUT2D eigenvalue weighted by molar-refractivity contribution is -0.233. The van der Waals surface area contributed by atoms with Gasteiger partial charge in [-0.3, -0.25) is 14.4 Å². The van der Waals surface area contributed by atoms with E-state index in [0.29, 0.717) is 42.0 Å². The summed E-state index contributed by atoms with van der Waals surface area (Å²) in [6.45, 7) is 19.6. The zero-order valence-electron chi connectivity index (χ0n) is 34.2. The number of carboxylic acids is 2. The number of aliphatic carboxylic acids is 1. The SMILES string of the molecule is CC(C)C1=C2[C@H]3CC[C@@H]4[C@@]5(C)CC[C@H](OC(=O)CC(C)(C)C(=O)O)C(C)(C)[C@@H]5CC[C@@]4(C)[C@]3(C)CC[C@@]2(Cc2nnc(-c3ccc(C(=O)O)cc3)o2)CC1=O. The van der Waals surface area contributed by atoms with Crippen molar-refractivity contribution in [3.63, 3.8) is 0 Å². The van der Waals surface area contributed by atoms with Crippen LogP contribution in [0.15, 0.2) is 39.8 Å². The molecule has 0 radical (unpaired) electrons. The van der Waals surface area contributed by atoms with E-state index in [1.54, 1.807) is 26.0 Å². The second kappa shape index (κ2) is 13.1. The van der Waals surface area contributed by atoms with E-state index in [2.05, 4.69) is 58.7 Å². The zero-order chi connectivity index (χ0) is 40.1. The van der Waals surface area contributed by atoms with Gasteiger partial charge in [-0.2, -0.15) is 0 Å². The number of carbonyl (C=O) groups excluding carboxylic acids is 2. The molecule has 1 aromatic heterocycles. The standard InChI is InChI=1S/C45H60N2O8/c1-25(2)35-29(48)22-45(23-33-46-47-37(55-33)26-10-12-27(13-11-26)38(50)51)21-20-43(8)28(36(35)45)14-15-31-42(7)18-17-32(54-34(49)24-40(3,4)39(52)53)41(5,6)30(42)16-19-44(31,43)9/h10-13,25,28,30-32H,14-24H2,1-9H3,(H,50,51)(H,52,53)/t28-,30+,31-,32+,42+,43-,44-,45+/m1/s1. The highest BCUT2D eigenvalue weighted by molar-refractivity contribution is 6.00. The van der Waals surface area contributed by atoms with E-state index in [1.807, 2.05) is 0 Å². The van der Waals surface area contributed by atoms with Gasteiger partial charge in [0.05, 0.1) is 17.4 Å². The van der Waals surface area contributed by atoms with Crippen molar-refractivity contribution in [3.05, 3.63) is 46.9 Å². The third-order valence-electron chi connectivity index (χ3n) is 16.3. The van der Waals surface area contributed by atoms with Gasteiger partial charge in [-0.05, 0) is 135 Å². The molecule has 10 nitrogen and oxygen atoms in total. The topological polar surface area (TPSA) is 157 Å². The summed E-state index contributed by atoms with van der Waals surface area (Å²) in [6.07, 6.45) is 8.38. The number of hydrogen-bond acceptors (Lipinski definition) is 8. The summed E-state index contributed by atoms with van der Waals surface area (Å²) in [5, 5.41) is 27.8. The molecular formula is C45H60N2O8. The number of fused-ring (bicyclic) bond motifs is 7. The Kier molecular flexibility index (Phi) is 9.40. The van der Waals surface area contributed by atoms with Gasteiger partial charge in [0.2, 0.25) is 11.8 Å². The molecule has 55 heavy (non-hydrogen) atoms. The Morgan fingerprint density at radius 1 is 0.891 bits per heavy atom. The minimum atomic E-state index is -1.18. The lowest BCUT2D eigenvalue weighted by atomic mass is 9.33. The van der Waals surface area contributed by atoms with Crippen molar-refractivity contribution < 1.29 is 38.5 Å². The fraction of sp³-hybridized carbons (Fsp3) is 0.689. The fourth-order valence-corrected chi connectivity index (χ4v) is 13.3. The van der Waals surface area contributed by atoms with Crippen LogP contribution in [0, 0.1) is 56.2 Å². The van der Waals surface area contributed by atoms with Crippen LogP contribution in [0.1, 0.15) is 143 Å². The molecule has 7 rings (SSSR count). The summed E-state index contributed by atoms with van der Waals surface area (Å²) >= 11 is 0. The first kappa shape index (κ1) is 39.4. The second-order valence-corrected chi connectivity index (χ2v) is 20.2. The lowest BCUT2D eigenvalue weighted by Gasteiger charge is -2.72. The van der Waals surface area contributed by atoms with E-state index in [-0.39, 0.29) is 62.8 Å². The molecule has 4 fully saturated rings. The van der Waals surface area contributed by atoms with Gasteiger partial charge in [-0.1, -0.05) is 54.0 Å². The van der Waals surface area contributed by atoms with Crippen LogP contribution in [0.5, 0.6) is 0 Å². The van der Waals surface area contributed by atoms with Gasteiger partial charge in [0.1, 0.15) is 6.10 Å². The summed E-state index contributed by atoms with van der Waals surface area (Å²) in [6, 6.07) is 6.44. The van der Waals surface area contributed by atoms with E-state index in [1.165, 1.54) is 17.7 Å². The number of aromatic nitrogens is 2. The van der Waals surface area contributed by atoms with E-state index >= 15 is 0 Å². The van der Waals surface area contributed by atoms with E-state index in [9.17, 15) is 29.4 Å². The molecule has 2 N–H and O–H groups in total. The molecule has 2 aromatic rings. The lowest BCUT2D eigenvalue weighted by Crippen LogP contribution is -2.65. The number of carboxylic acid groups (broad SMARTS) is 2. The number of carbonyl (C=O) groups is 4. The summed E-state index contributed by atoms with van der Waals surface area (Å²) in [7, 11) is 0. The van der Waals surface area contributed by atoms with Crippen molar-refractivity contribution in [2.24, 2.45) is 56.2 Å². The Labute approximate surface area is 325 Å². The molecule has 298 valence electrons. The molecule has 0 saturated heterocycles. The predicted octanol–water partition coefficient (Wildman–Crippen LogP) is 9.37. The highest BCUT2D eigenvalue weighted by Crippen LogP contribution is 2.77. The van der Waals surface area contributed by atoms with Gasteiger partial charge < -0.3 is 19.4 Å². The van der Waals surface area contributed by atoms with Crippen molar-refractivity contribution in [1.82, 2.24) is 10.2 Å². The number of rotatable bonds is 9. The quantitative estimate of drug-likeness (QED) is 0.236. The Morgan fingerprint density at radius 3 is 2.22 bits per heavy atom. The maximum absolute atomic E-state index is 14.1. The summed E-state index contributed by atoms with van der Waals surface area (Å²) in [5.74, 6) is -0.121. The van der Waals surface area contributed by atoms with Crippen LogP contribution in [0.3, 0.4) is 0 Å². The molecule has 0 amide bonds. The molecule has 10 heteroatoms. The smallest absolute Gasteiger partial charge is 0.335 e. The monoisotopic (exact) mass is 756 g/mol. The predicted molar refractivity (Wildman–Crippen MR) is 206 cm³/mol. The van der Waals surface area contributed by atoms with Crippen molar-refractivity contribution in [2.75, 3.05) is 0 Å². The highest BCUT2D eigenvalue weighted by Gasteiger charge is 2.70. The first-order valence-electron chi connectivity index (χ1n) is 20.5. The Bertz CT molecular complexity index is 1940. The first-order chi connectivity index (χ1) is 25.6. The minimum Gasteiger partial charge on any atom is -0.481 e. The van der Waals surface area contributed by atoms with Crippen LogP contribution in [-0.2, 0) is 25.5 Å². The number of ether oxygens (including phenoxy) is 1. The third kappa shape index (κ3) is 6.01. The highest BCUT2D eigenvalue weighted by atomic mass is 16.5. The van der Waals surface area contributed by atoms with Gasteiger partial charge in [0, 0.05) is 29.2 Å². The molecule has 4 saturated carbocycles. The Morgan fingerprint density at radius 2 is 1.58 bits per heavy atom. The zero-order valence-corrected chi connectivity index (χ0v) is 34.2. The molecule has 1 aromatic carbocycles. The van der Waals surface area contributed by atoms with Gasteiger partial charge in [-0.25, -0.2) is 4.79 Å². The summed E-state index contributed by atoms with van der Waals surface area (Å²) in [4.78, 5) is 50.4. The van der Waals surface area contributed by atoms with Crippen LogP contribution in [0.25, 0.3) is 11.5 Å². The van der Waals surface area contributed by atoms with Gasteiger partial charge >= 0.3 is 17.9 Å². The van der Waals surface area contributed by atoms with Crippen molar-refractivity contribution in [2.45, 2.75) is 139 Å². The minimum absolute atomic E-state index is 0.0186. The molecule has 0 aliphatic heterocycles. The average molecular weight is 757 g/mol. The van der Waals surface area contributed by atoms with Crippen LogP contribution in [0.2, 0.25) is 0 Å².